The summed E-state index contributed by atoms with van der Waals surface area (Å²) in [4.78, 5) is 22.2. The molecule has 1 saturated heterocycles. The van der Waals surface area contributed by atoms with Crippen LogP contribution in [-0.4, -0.2) is 30.7 Å². The van der Waals surface area contributed by atoms with Crippen molar-refractivity contribution in [3.05, 3.63) is 0 Å². The number of hydrogen-bond donors (Lipinski definition) is 1. The Balaban J connectivity index is 2.56. The maximum atomic E-state index is 11.1. The number of hydrogen-bond acceptors (Lipinski definition) is 5. The van der Waals surface area contributed by atoms with Gasteiger partial charge in [-0.2, -0.15) is 0 Å². The van der Waals surface area contributed by atoms with Crippen LogP contribution in [0.4, 0.5) is 0 Å². The van der Waals surface area contributed by atoms with Gasteiger partial charge in [0.05, 0.1) is 0 Å². The highest BCUT2D eigenvalue weighted by atomic mass is 16.6. The van der Waals surface area contributed by atoms with Gasteiger partial charge in [-0.25, -0.2) is 9.59 Å². The van der Waals surface area contributed by atoms with E-state index >= 15 is 0 Å². The first-order valence-corrected chi connectivity index (χ1v) is 4.30. The third-order valence-corrected chi connectivity index (χ3v) is 1.81. The molecule has 74 valence electrons. The molecule has 0 aromatic carbocycles. The van der Waals surface area contributed by atoms with Gasteiger partial charge in [0.2, 0.25) is 6.10 Å². The van der Waals surface area contributed by atoms with E-state index in [0.717, 1.165) is 6.42 Å². The topological polar surface area (TPSA) is 78.6 Å². The van der Waals surface area contributed by atoms with Crippen molar-refractivity contribution in [2.75, 3.05) is 6.54 Å². The summed E-state index contributed by atoms with van der Waals surface area (Å²) in [6.07, 6.45) is -0.386. The minimum atomic E-state index is -0.916. The van der Waals surface area contributed by atoms with E-state index in [9.17, 15) is 9.59 Å². The standard InChI is InChI=1S/C8H13NO4/c1-2-3-5-7(10)13-6(4-9)8(11)12-5/h5-6H,2-4,9H2,1H3. The fraction of sp³-hybridized carbons (Fsp3) is 0.750. The number of carbonyl (C=O) groups excluding carboxylic acids is 2. The highest BCUT2D eigenvalue weighted by molar-refractivity contribution is 5.87. The highest BCUT2D eigenvalue weighted by Crippen LogP contribution is 2.13. The van der Waals surface area contributed by atoms with E-state index in [1.165, 1.54) is 0 Å². The van der Waals surface area contributed by atoms with Gasteiger partial charge in [-0.15, -0.1) is 0 Å². The van der Waals surface area contributed by atoms with Crippen LogP contribution in [-0.2, 0) is 19.1 Å². The summed E-state index contributed by atoms with van der Waals surface area (Å²) in [7, 11) is 0. The lowest BCUT2D eigenvalue weighted by Gasteiger charge is -2.26. The van der Waals surface area contributed by atoms with Gasteiger partial charge < -0.3 is 15.2 Å². The van der Waals surface area contributed by atoms with Gasteiger partial charge in [0.15, 0.2) is 6.10 Å². The lowest BCUT2D eigenvalue weighted by molar-refractivity contribution is -0.194. The van der Waals surface area contributed by atoms with Crippen LogP contribution in [0.3, 0.4) is 0 Å². The average Bonchev–Trinajstić information content (AvgIpc) is 2.11. The maximum absolute atomic E-state index is 11.1. The van der Waals surface area contributed by atoms with Gasteiger partial charge in [-0.1, -0.05) is 13.3 Å². The monoisotopic (exact) mass is 187 g/mol. The minimum Gasteiger partial charge on any atom is -0.448 e. The van der Waals surface area contributed by atoms with E-state index < -0.39 is 24.1 Å². The van der Waals surface area contributed by atoms with Crippen molar-refractivity contribution in [1.29, 1.82) is 0 Å². The molecule has 2 atom stereocenters. The Morgan fingerprint density at radius 3 is 2.31 bits per heavy atom. The minimum absolute atomic E-state index is 0.0244. The third kappa shape index (κ3) is 2.18. The second-order valence-electron chi connectivity index (χ2n) is 2.88. The second-order valence-corrected chi connectivity index (χ2v) is 2.88. The van der Waals surface area contributed by atoms with Gasteiger partial charge >= 0.3 is 11.9 Å². The molecule has 13 heavy (non-hydrogen) atoms. The molecule has 1 aliphatic rings. The molecular formula is C8H13NO4. The Bertz CT molecular complexity index is 216. The zero-order chi connectivity index (χ0) is 9.84. The molecule has 0 aromatic heterocycles. The van der Waals surface area contributed by atoms with Crippen LogP contribution in [0.1, 0.15) is 19.8 Å². The summed E-state index contributed by atoms with van der Waals surface area (Å²) in [5.41, 5.74) is 5.20. The smallest absolute Gasteiger partial charge is 0.349 e. The van der Waals surface area contributed by atoms with Crippen molar-refractivity contribution in [2.24, 2.45) is 5.73 Å². The SMILES string of the molecule is CCCC1OC(=O)C(CN)OC1=O. The molecule has 5 nitrogen and oxygen atoms in total. The molecule has 1 rings (SSSR count). The van der Waals surface area contributed by atoms with E-state index in [1.54, 1.807) is 0 Å². The first kappa shape index (κ1) is 9.98. The predicted octanol–water partition coefficient (Wildman–Crippen LogP) is -0.418. The van der Waals surface area contributed by atoms with E-state index in [1.807, 2.05) is 6.92 Å². The van der Waals surface area contributed by atoms with Crippen LogP contribution < -0.4 is 5.73 Å². The fourth-order valence-corrected chi connectivity index (χ4v) is 1.11. The summed E-state index contributed by atoms with van der Waals surface area (Å²) in [6, 6.07) is 0. The number of cyclic esters (lactones) is 2. The van der Waals surface area contributed by atoms with E-state index in [-0.39, 0.29) is 6.54 Å². The van der Waals surface area contributed by atoms with Crippen LogP contribution in [0.15, 0.2) is 0 Å². The Kier molecular flexibility index (Phi) is 3.25. The molecule has 2 unspecified atom stereocenters. The van der Waals surface area contributed by atoms with E-state index in [4.69, 9.17) is 15.2 Å². The lowest BCUT2D eigenvalue weighted by atomic mass is 10.2. The summed E-state index contributed by atoms with van der Waals surface area (Å²) in [5, 5.41) is 0. The van der Waals surface area contributed by atoms with Crippen molar-refractivity contribution in [3.8, 4) is 0 Å². The second kappa shape index (κ2) is 4.23. The molecule has 0 radical (unpaired) electrons. The van der Waals surface area contributed by atoms with Crippen LogP contribution in [0.5, 0.6) is 0 Å². The first-order chi connectivity index (χ1) is 6.19. The van der Waals surface area contributed by atoms with Crippen molar-refractivity contribution in [3.63, 3.8) is 0 Å². The summed E-state index contributed by atoms with van der Waals surface area (Å²) in [5.74, 6) is -1.03. The Morgan fingerprint density at radius 2 is 1.77 bits per heavy atom. The van der Waals surface area contributed by atoms with Crippen LogP contribution in [0.25, 0.3) is 0 Å². The molecule has 0 aromatic rings. The first-order valence-electron chi connectivity index (χ1n) is 4.30. The van der Waals surface area contributed by atoms with Crippen molar-refractivity contribution >= 4 is 11.9 Å². The molecule has 0 amide bonds. The molecule has 0 spiro atoms. The van der Waals surface area contributed by atoms with Gasteiger partial charge in [0.1, 0.15) is 0 Å². The van der Waals surface area contributed by atoms with E-state index in [2.05, 4.69) is 0 Å². The molecule has 1 heterocycles. The molecule has 0 aliphatic carbocycles. The number of carbonyl (C=O) groups is 2. The zero-order valence-electron chi connectivity index (χ0n) is 7.49. The summed E-state index contributed by atoms with van der Waals surface area (Å²) >= 11 is 0. The molecule has 1 fully saturated rings. The van der Waals surface area contributed by atoms with Crippen molar-refractivity contribution < 1.29 is 19.1 Å². The van der Waals surface area contributed by atoms with Crippen molar-refractivity contribution in [1.82, 2.24) is 0 Å². The molecule has 0 saturated carbocycles. The van der Waals surface area contributed by atoms with Gasteiger partial charge in [-0.05, 0) is 6.42 Å². The van der Waals surface area contributed by atoms with Gasteiger partial charge in [0, 0.05) is 6.54 Å². The van der Waals surface area contributed by atoms with Crippen LogP contribution in [0, 0.1) is 0 Å². The Labute approximate surface area is 76.2 Å². The molecule has 1 aliphatic heterocycles. The summed E-state index contributed by atoms with van der Waals surface area (Å²) in [6.45, 7) is 1.87. The van der Waals surface area contributed by atoms with Crippen LogP contribution >= 0.6 is 0 Å². The average molecular weight is 187 g/mol. The molecule has 5 heteroatoms. The fourth-order valence-electron chi connectivity index (χ4n) is 1.11. The number of rotatable bonds is 3. The normalized spacial score (nSPS) is 28.2. The number of esters is 2. The largest absolute Gasteiger partial charge is 0.448 e. The Hall–Kier alpha value is -1.10. The molecule has 2 N–H and O–H groups in total. The quantitative estimate of drug-likeness (QED) is 0.607. The molecular weight excluding hydrogens is 174 g/mol. The summed E-state index contributed by atoms with van der Waals surface area (Å²) < 4.78 is 9.62. The number of ether oxygens (including phenoxy) is 2. The third-order valence-electron chi connectivity index (χ3n) is 1.81. The van der Waals surface area contributed by atoms with E-state index in [0.29, 0.717) is 6.42 Å². The highest BCUT2D eigenvalue weighted by Gasteiger charge is 2.36. The molecule has 0 bridgehead atoms. The van der Waals surface area contributed by atoms with Gasteiger partial charge in [0.25, 0.3) is 0 Å². The van der Waals surface area contributed by atoms with Gasteiger partial charge in [-0.3, -0.25) is 0 Å². The number of nitrogens with two attached hydrogens (primary N) is 1. The van der Waals surface area contributed by atoms with Crippen molar-refractivity contribution in [2.45, 2.75) is 32.0 Å². The Morgan fingerprint density at radius 1 is 1.23 bits per heavy atom. The maximum Gasteiger partial charge on any atom is 0.349 e. The zero-order valence-corrected chi connectivity index (χ0v) is 7.49. The predicted molar refractivity (Wildman–Crippen MR) is 43.7 cm³/mol. The lowest BCUT2D eigenvalue weighted by Crippen LogP contribution is -2.47. The van der Waals surface area contributed by atoms with Crippen LogP contribution in [0.2, 0.25) is 0 Å².